The molecule has 0 heterocycles. The van der Waals surface area contributed by atoms with E-state index in [1.165, 1.54) is 0 Å². The molecule has 4 aromatic rings. The molecule has 0 amide bonds. The van der Waals surface area contributed by atoms with Crippen LogP contribution in [0, 0.1) is 116 Å². The predicted octanol–water partition coefficient (Wildman–Crippen LogP) is 10.2. The van der Waals surface area contributed by atoms with E-state index in [9.17, 15) is 52.7 Å². The third-order valence-corrected chi connectivity index (χ3v) is 6.71. The van der Waals surface area contributed by atoms with E-state index in [2.05, 4.69) is 80.0 Å². The van der Waals surface area contributed by atoms with Crippen molar-refractivity contribution in [2.45, 2.75) is 0 Å². The molecule has 0 saturated carbocycles. The fourth-order valence-corrected chi connectivity index (χ4v) is 4.87. The SMILES string of the molecule is C[PH+](C)C.C[PH+](C)C.C[PH+](C)C.C[PH+](C)C.Fc1c(F)c(F)c([B-](c2c(F)c(F)c(F)c(F)c2F)(c2c(F)c(F)c(F)c(F)c2F)c2c(F)c(F)c(F)c(F)c2F)c(F)c1F.[Rh]. The van der Waals surface area contributed by atoms with Crippen LogP contribution in [0.3, 0.4) is 0 Å². The molecule has 0 aliphatic carbocycles. The molecular weight excluding hydrogens is 1050 g/mol. The maximum absolute atomic E-state index is 15.4. The van der Waals surface area contributed by atoms with Gasteiger partial charge in [-0.1, -0.05) is 0 Å². The summed E-state index contributed by atoms with van der Waals surface area (Å²) in [6, 6.07) is 0. The molecule has 0 aliphatic rings. The van der Waals surface area contributed by atoms with Crippen molar-refractivity contribution in [1.29, 1.82) is 0 Å². The summed E-state index contributed by atoms with van der Waals surface area (Å²) >= 11 is 0. The summed E-state index contributed by atoms with van der Waals surface area (Å²) in [4.78, 5) is 0. The smallest absolute Gasteiger partial charge is 0.200 e. The summed E-state index contributed by atoms with van der Waals surface area (Å²) < 4.78 is 294. The molecule has 0 atom stereocenters. The van der Waals surface area contributed by atoms with Gasteiger partial charge in [0.15, 0.2) is 69.8 Å². The largest absolute Gasteiger partial charge is 0.207 e. The average Bonchev–Trinajstić information content (AvgIpc) is 3.13. The molecule has 0 N–H and O–H groups in total. The third-order valence-electron chi connectivity index (χ3n) is 6.71. The predicted molar refractivity (Wildman–Crippen MR) is 214 cm³/mol. The molecule has 0 bridgehead atoms. The van der Waals surface area contributed by atoms with E-state index < -0.39 is 144 Å². The van der Waals surface area contributed by atoms with Crippen molar-refractivity contribution in [2.75, 3.05) is 80.0 Å². The standard InChI is InChI=1S/C24BF20.4C3H9P.Rh/c26-5-1(6(27)14(35)21(42)13(5)34)25(2-7(28)15(36)22(43)16(37)8(2)29,3-9(30)17(38)23(44)18(39)10(3)31)4-11(32)19(40)24(45)20(41)12(4)33;4*1-4(2)3;/h;4*1-3H3;/q-1;;;;;/p+4. The van der Waals surface area contributed by atoms with Crippen LogP contribution in [0.15, 0.2) is 0 Å². The molecule has 4 rings (SSSR count). The molecule has 0 fully saturated rings. The molecule has 0 aromatic heterocycles. The zero-order valence-corrected chi connectivity index (χ0v) is 40.1. The Hall–Kier alpha value is -2.11. The Labute approximate surface area is 362 Å². The molecule has 26 heteroatoms. The van der Waals surface area contributed by atoms with Gasteiger partial charge in [0.05, 0.1) is 0 Å². The van der Waals surface area contributed by atoms with Gasteiger partial charge in [-0.05, 0) is 31.7 Å². The first-order valence-corrected chi connectivity index (χ1v) is 28.9. The van der Waals surface area contributed by atoms with Crippen LogP contribution in [0.5, 0.6) is 0 Å². The molecule has 0 saturated heterocycles. The average molecular weight is 1090 g/mol. The third kappa shape index (κ3) is 13.5. The summed E-state index contributed by atoms with van der Waals surface area (Å²) in [5, 5.41) is 0. The summed E-state index contributed by atoms with van der Waals surface area (Å²) in [6.07, 6.45) is -7.22. The quantitative estimate of drug-likeness (QED) is 0.0628. The zero-order chi connectivity index (χ0) is 48.7. The minimum absolute atomic E-state index is 0. The van der Waals surface area contributed by atoms with Crippen molar-refractivity contribution in [3.05, 3.63) is 116 Å². The molecule has 0 spiro atoms. The van der Waals surface area contributed by atoms with Gasteiger partial charge < -0.3 is 0 Å². The van der Waals surface area contributed by atoms with Gasteiger partial charge in [0.1, 0.15) is 52.7 Å². The Balaban J connectivity index is 0. The van der Waals surface area contributed by atoms with Crippen LogP contribution in [0.2, 0.25) is 0 Å². The summed E-state index contributed by atoms with van der Waals surface area (Å²) in [6.45, 7) is 27.2. The second-order valence-corrected chi connectivity index (χ2v) is 26.8. The van der Waals surface area contributed by atoms with Crippen LogP contribution >= 0.6 is 31.7 Å². The number of hydrogen-bond donors (Lipinski definition) is 0. The fourth-order valence-electron chi connectivity index (χ4n) is 4.87. The Morgan fingerprint density at radius 1 is 0.194 bits per heavy atom. The topological polar surface area (TPSA) is 0 Å². The summed E-state index contributed by atoms with van der Waals surface area (Å²) in [5.74, 6) is -71.4. The van der Waals surface area contributed by atoms with E-state index in [0.29, 0.717) is 0 Å². The molecule has 353 valence electrons. The van der Waals surface area contributed by atoms with Gasteiger partial charge in [0.25, 0.3) is 0 Å². The maximum atomic E-state index is 15.4. The van der Waals surface area contributed by atoms with Crippen LogP contribution in [0.4, 0.5) is 87.8 Å². The molecule has 4 aromatic carbocycles. The van der Waals surface area contributed by atoms with Crippen LogP contribution in [-0.2, 0) is 19.5 Å². The van der Waals surface area contributed by atoms with E-state index in [1.807, 2.05) is 0 Å². The van der Waals surface area contributed by atoms with Gasteiger partial charge in [-0.2, -0.15) is 0 Å². The second kappa shape index (κ2) is 25.5. The molecular formula is C36H40BF20P4Rh+3. The Bertz CT molecular complexity index is 1770. The van der Waals surface area contributed by atoms with Gasteiger partial charge in [-0.15, -0.1) is 21.9 Å². The van der Waals surface area contributed by atoms with E-state index in [0.717, 1.165) is 0 Å². The monoisotopic (exact) mass is 1090 g/mol. The van der Waals surface area contributed by atoms with Gasteiger partial charge in [0, 0.05) is 99.5 Å². The van der Waals surface area contributed by atoms with E-state index in [4.69, 9.17) is 0 Å². The maximum Gasteiger partial charge on any atom is 0.200 e. The first kappa shape index (κ1) is 62.0. The van der Waals surface area contributed by atoms with Crippen molar-refractivity contribution in [2.24, 2.45) is 0 Å². The number of benzene rings is 4. The molecule has 62 heavy (non-hydrogen) atoms. The molecule has 0 unspecified atom stereocenters. The van der Waals surface area contributed by atoms with E-state index in [-0.39, 0.29) is 51.2 Å². The number of hydrogen-bond acceptors (Lipinski definition) is 0. The number of halogens is 20. The molecule has 0 aliphatic heterocycles. The van der Waals surface area contributed by atoms with Gasteiger partial charge in [-0.25, -0.2) is 87.8 Å². The van der Waals surface area contributed by atoms with Crippen LogP contribution < -0.4 is 21.9 Å². The fraction of sp³-hybridized carbons (Fsp3) is 0.333. The molecule has 0 nitrogen and oxygen atoms in total. The minimum atomic E-state index is -7.22. The van der Waals surface area contributed by atoms with Crippen LogP contribution in [0.1, 0.15) is 0 Å². The normalized spacial score (nSPS) is 11.0. The van der Waals surface area contributed by atoms with E-state index >= 15 is 35.1 Å². The zero-order valence-electron chi connectivity index (χ0n) is 34.5. The minimum Gasteiger partial charge on any atom is -0.207 e. The Kier molecular flexibility index (Phi) is 25.5. The van der Waals surface area contributed by atoms with Crippen molar-refractivity contribution < 1.29 is 107 Å². The Morgan fingerprint density at radius 3 is 0.339 bits per heavy atom. The summed E-state index contributed by atoms with van der Waals surface area (Å²) in [5.41, 5.74) is -14.3. The van der Waals surface area contributed by atoms with Crippen molar-refractivity contribution >= 4 is 59.7 Å². The van der Waals surface area contributed by atoms with Crippen molar-refractivity contribution in [3.63, 3.8) is 0 Å². The summed E-state index contributed by atoms with van der Waals surface area (Å²) in [7, 11) is 0.481. The van der Waals surface area contributed by atoms with Crippen LogP contribution in [0.25, 0.3) is 0 Å². The van der Waals surface area contributed by atoms with Gasteiger partial charge in [-0.3, -0.25) is 0 Å². The van der Waals surface area contributed by atoms with Crippen molar-refractivity contribution in [1.82, 2.24) is 0 Å². The first-order chi connectivity index (χ1) is 27.6. The number of rotatable bonds is 4. The van der Waals surface area contributed by atoms with Gasteiger partial charge in [0.2, 0.25) is 0 Å². The van der Waals surface area contributed by atoms with Gasteiger partial charge >= 0.3 is 0 Å². The van der Waals surface area contributed by atoms with E-state index in [1.54, 1.807) is 0 Å². The second-order valence-electron chi connectivity index (χ2n) is 14.8. The van der Waals surface area contributed by atoms with Crippen LogP contribution in [-0.4, -0.2) is 86.1 Å². The molecule has 1 radical (unpaired) electrons. The first-order valence-electron chi connectivity index (χ1n) is 16.9. The van der Waals surface area contributed by atoms with Crippen molar-refractivity contribution in [3.8, 4) is 0 Å². The Morgan fingerprint density at radius 2 is 0.258 bits per heavy atom.